The molecule has 4 N–H and O–H groups in total. The van der Waals surface area contributed by atoms with E-state index in [1.54, 1.807) is 79.6 Å². The van der Waals surface area contributed by atoms with Gasteiger partial charge in [-0.25, -0.2) is 14.2 Å². The number of fused-ring (bicyclic) bond motifs is 1. The molecule has 0 radical (unpaired) electrons. The van der Waals surface area contributed by atoms with E-state index in [4.69, 9.17) is 0 Å². The minimum atomic E-state index is -4.06. The van der Waals surface area contributed by atoms with E-state index >= 15 is 0 Å². The second-order valence-corrected chi connectivity index (χ2v) is 12.5. The Balaban J connectivity index is 1.42. The van der Waals surface area contributed by atoms with E-state index in [9.17, 15) is 22.8 Å². The maximum Gasteiger partial charge on any atom is 0.300 e. The highest BCUT2D eigenvalue weighted by atomic mass is 32.2. The third-order valence-corrected chi connectivity index (χ3v) is 8.78. The SMILES string of the molecule is CNS(=O)(=O)Nc1nn2cccnc2c1C(=O)N[C@@H](C)c1c2c3c(ccc(C#Cc4cnn(C)c4)c3c(=O)n1-c1ccccc1)NC2=O. The quantitative estimate of drug-likeness (QED) is 0.187. The highest BCUT2D eigenvalue weighted by Crippen LogP contribution is 2.38. The maximum atomic E-state index is 14.6. The van der Waals surface area contributed by atoms with Gasteiger partial charge in [-0.15, -0.1) is 5.10 Å². The lowest BCUT2D eigenvalue weighted by Gasteiger charge is -2.23. The van der Waals surface area contributed by atoms with Crippen molar-refractivity contribution in [1.29, 1.82) is 0 Å². The Morgan fingerprint density at radius 3 is 2.56 bits per heavy atom. The number of carbonyl (C=O) groups is 2. The molecular formula is C32H26N10O5S. The van der Waals surface area contributed by atoms with Crippen molar-refractivity contribution in [3.05, 3.63) is 112 Å². The zero-order chi connectivity index (χ0) is 33.7. The molecule has 7 rings (SSSR count). The number of carbonyl (C=O) groups excluding carboxylic acids is 2. The third kappa shape index (κ3) is 5.12. The Labute approximate surface area is 272 Å². The molecule has 16 heteroatoms. The largest absolute Gasteiger partial charge is 0.344 e. The van der Waals surface area contributed by atoms with Gasteiger partial charge in [0.15, 0.2) is 11.5 Å². The molecule has 0 fully saturated rings. The summed E-state index contributed by atoms with van der Waals surface area (Å²) < 4.78 is 33.4. The lowest BCUT2D eigenvalue weighted by atomic mass is 9.97. The molecule has 1 atom stereocenters. The second-order valence-electron chi connectivity index (χ2n) is 10.9. The summed E-state index contributed by atoms with van der Waals surface area (Å²) in [5, 5.41) is 14.7. The average molecular weight is 663 g/mol. The fraction of sp³-hybridized carbons (Fsp3) is 0.125. The molecule has 1 aliphatic rings. The molecule has 4 aromatic heterocycles. The molecular weight excluding hydrogens is 636 g/mol. The number of anilines is 2. The van der Waals surface area contributed by atoms with Crippen LogP contribution in [-0.2, 0) is 17.3 Å². The number of pyridine rings is 1. The molecule has 0 unspecified atom stereocenters. The van der Waals surface area contributed by atoms with Gasteiger partial charge in [0.25, 0.3) is 27.6 Å². The monoisotopic (exact) mass is 662 g/mol. The Morgan fingerprint density at radius 1 is 1.04 bits per heavy atom. The summed E-state index contributed by atoms with van der Waals surface area (Å²) in [7, 11) is -1.08. The maximum absolute atomic E-state index is 14.6. The topological polar surface area (TPSA) is 186 Å². The molecule has 2 aromatic carbocycles. The molecule has 5 heterocycles. The Morgan fingerprint density at radius 2 is 1.83 bits per heavy atom. The van der Waals surface area contributed by atoms with Crippen molar-refractivity contribution in [2.45, 2.75) is 13.0 Å². The van der Waals surface area contributed by atoms with E-state index in [0.717, 1.165) is 0 Å². The zero-order valence-corrected chi connectivity index (χ0v) is 26.5. The third-order valence-electron chi connectivity index (χ3n) is 7.79. The van der Waals surface area contributed by atoms with Gasteiger partial charge >= 0.3 is 0 Å². The number of aromatic nitrogens is 6. The van der Waals surface area contributed by atoms with Gasteiger partial charge in [-0.05, 0) is 37.3 Å². The summed E-state index contributed by atoms with van der Waals surface area (Å²) in [6, 6.07) is 12.7. The molecule has 15 nitrogen and oxygen atoms in total. The molecule has 0 saturated heterocycles. The molecule has 1 aliphatic heterocycles. The van der Waals surface area contributed by atoms with Crippen LogP contribution in [0, 0.1) is 11.8 Å². The van der Waals surface area contributed by atoms with E-state index in [-0.39, 0.29) is 33.7 Å². The normalized spacial score (nSPS) is 12.9. The number of hydrogen-bond acceptors (Lipinski definition) is 8. The second kappa shape index (κ2) is 11.5. The highest BCUT2D eigenvalue weighted by molar-refractivity contribution is 7.90. The predicted octanol–water partition coefficient (Wildman–Crippen LogP) is 2.10. The van der Waals surface area contributed by atoms with Crippen LogP contribution in [-0.4, -0.2) is 56.2 Å². The van der Waals surface area contributed by atoms with Gasteiger partial charge in [0.2, 0.25) is 0 Å². The molecule has 0 saturated carbocycles. The van der Waals surface area contributed by atoms with Crippen LogP contribution in [0.2, 0.25) is 0 Å². The van der Waals surface area contributed by atoms with Crippen molar-refractivity contribution in [1.82, 2.24) is 39.0 Å². The molecule has 0 spiro atoms. The smallest absolute Gasteiger partial charge is 0.300 e. The summed E-state index contributed by atoms with van der Waals surface area (Å²) >= 11 is 0. The first-order valence-corrected chi connectivity index (χ1v) is 16.0. The van der Waals surface area contributed by atoms with E-state index < -0.39 is 33.6 Å². The lowest BCUT2D eigenvalue weighted by Crippen LogP contribution is -2.35. The van der Waals surface area contributed by atoms with Crippen molar-refractivity contribution in [3.8, 4) is 17.5 Å². The zero-order valence-electron chi connectivity index (χ0n) is 25.6. The van der Waals surface area contributed by atoms with Crippen LogP contribution in [0.1, 0.15) is 50.5 Å². The number of amides is 2. The van der Waals surface area contributed by atoms with E-state index in [1.165, 1.54) is 28.5 Å². The van der Waals surface area contributed by atoms with Gasteiger partial charge in [0.05, 0.1) is 40.1 Å². The van der Waals surface area contributed by atoms with Crippen LogP contribution in [0.25, 0.3) is 22.1 Å². The average Bonchev–Trinajstić information content (AvgIpc) is 3.75. The minimum absolute atomic E-state index is 0.0800. The Hall–Kier alpha value is -6.31. The first-order valence-electron chi connectivity index (χ1n) is 14.5. The van der Waals surface area contributed by atoms with Gasteiger partial charge < -0.3 is 10.6 Å². The standard InChI is InChI=1S/C32H26N10O5S/c1-18(36-31(44)26-28(39-48(46,47)33-2)38-41-15-7-14-34-29(26)41)27-25-24-22(37-30(25)43)13-12-20(11-10-19-16-35-40(3)17-19)23(24)32(45)42(27)21-8-5-4-6-9-21/h4-9,12-18,33H,1-3H3,(H,36,44)(H,37,43)(H,38,39)/t18-/m0/s1. The number of para-hydroxylation sites is 1. The number of rotatable bonds is 7. The molecule has 0 bridgehead atoms. The number of nitrogens with one attached hydrogen (secondary N) is 4. The van der Waals surface area contributed by atoms with Crippen molar-refractivity contribution in [2.75, 3.05) is 17.1 Å². The van der Waals surface area contributed by atoms with Gasteiger partial charge in [-0.3, -0.25) is 28.4 Å². The summed E-state index contributed by atoms with van der Waals surface area (Å²) in [5.41, 5.74) is 1.81. The fourth-order valence-corrected chi connectivity index (χ4v) is 6.22. The Bertz CT molecular complexity index is 2540. The van der Waals surface area contributed by atoms with Gasteiger partial charge in [0.1, 0.15) is 5.56 Å². The number of hydrogen-bond donors (Lipinski definition) is 4. The van der Waals surface area contributed by atoms with Crippen molar-refractivity contribution >= 4 is 49.9 Å². The summed E-state index contributed by atoms with van der Waals surface area (Å²) in [6.45, 7) is 1.63. The van der Waals surface area contributed by atoms with E-state index in [1.807, 2.05) is 0 Å². The number of benzene rings is 2. The van der Waals surface area contributed by atoms with E-state index in [0.29, 0.717) is 27.9 Å². The van der Waals surface area contributed by atoms with E-state index in [2.05, 4.69) is 47.1 Å². The summed E-state index contributed by atoms with van der Waals surface area (Å²) in [4.78, 5) is 46.5. The van der Waals surface area contributed by atoms with Gasteiger partial charge in [-0.1, -0.05) is 30.0 Å². The fourth-order valence-electron chi connectivity index (χ4n) is 5.72. The molecule has 48 heavy (non-hydrogen) atoms. The molecule has 0 aliphatic carbocycles. The summed E-state index contributed by atoms with van der Waals surface area (Å²) in [6.07, 6.45) is 6.30. The predicted molar refractivity (Wildman–Crippen MR) is 177 cm³/mol. The lowest BCUT2D eigenvalue weighted by molar-refractivity contribution is 0.0937. The Kier molecular flexibility index (Phi) is 7.27. The van der Waals surface area contributed by atoms with Crippen molar-refractivity contribution in [3.63, 3.8) is 0 Å². The van der Waals surface area contributed by atoms with Crippen molar-refractivity contribution < 1.29 is 18.0 Å². The first kappa shape index (κ1) is 30.3. The van der Waals surface area contributed by atoms with Crippen LogP contribution >= 0.6 is 0 Å². The van der Waals surface area contributed by atoms with Gasteiger partial charge in [0, 0.05) is 49.3 Å². The number of aryl methyl sites for hydroxylation is 1. The molecule has 6 aromatic rings. The number of nitrogens with zero attached hydrogens (tertiary/aromatic N) is 6. The summed E-state index contributed by atoms with van der Waals surface area (Å²) in [5.74, 6) is 4.63. The minimum Gasteiger partial charge on any atom is -0.344 e. The van der Waals surface area contributed by atoms with Crippen LogP contribution in [0.4, 0.5) is 11.5 Å². The van der Waals surface area contributed by atoms with Crippen molar-refractivity contribution in [2.24, 2.45) is 7.05 Å². The molecule has 2 amide bonds. The van der Waals surface area contributed by atoms with Crippen LogP contribution in [0.3, 0.4) is 0 Å². The first-order chi connectivity index (χ1) is 23.1. The van der Waals surface area contributed by atoms with Crippen LogP contribution in [0.15, 0.2) is 78.1 Å². The van der Waals surface area contributed by atoms with Crippen LogP contribution in [0.5, 0.6) is 0 Å². The highest BCUT2D eigenvalue weighted by Gasteiger charge is 2.34. The van der Waals surface area contributed by atoms with Crippen LogP contribution < -0.4 is 25.6 Å². The van der Waals surface area contributed by atoms with Gasteiger partial charge in [-0.2, -0.15) is 13.5 Å². The molecule has 240 valence electrons.